The van der Waals surface area contributed by atoms with Crippen molar-refractivity contribution in [3.63, 3.8) is 0 Å². The van der Waals surface area contributed by atoms with Crippen LogP contribution in [0.3, 0.4) is 0 Å². The lowest BCUT2D eigenvalue weighted by Crippen LogP contribution is -2.33. The molecular formula is C25H41N5O13S2. The van der Waals surface area contributed by atoms with Crippen LogP contribution in [0.4, 0.5) is 0 Å². The molecule has 45 heavy (non-hydrogen) atoms. The van der Waals surface area contributed by atoms with Crippen LogP contribution < -0.4 is 28.3 Å². The summed E-state index contributed by atoms with van der Waals surface area (Å²) in [5.74, 6) is -5.46. The third kappa shape index (κ3) is 24.4. The number of nitrogens with one attached hydrogen (secondary N) is 1. The summed E-state index contributed by atoms with van der Waals surface area (Å²) in [6.45, 7) is 0.858. The smallest absolute Gasteiger partial charge is 0.321 e. The van der Waals surface area contributed by atoms with Crippen molar-refractivity contribution in [3.8, 4) is 5.75 Å². The normalized spacial score (nSPS) is 16.0. The van der Waals surface area contributed by atoms with Crippen LogP contribution in [0.15, 0.2) is 24.3 Å². The first-order valence-electron chi connectivity index (χ1n) is 13.0. The molecule has 0 aromatic heterocycles. The molecule has 1 saturated heterocycles. The van der Waals surface area contributed by atoms with Crippen molar-refractivity contribution in [2.45, 2.75) is 62.3 Å². The van der Waals surface area contributed by atoms with E-state index < -0.39 is 60.0 Å². The zero-order chi connectivity index (χ0) is 35.1. The summed E-state index contributed by atoms with van der Waals surface area (Å²) in [6.07, 6.45) is 1.83. The second-order valence-corrected chi connectivity index (χ2v) is 11.7. The van der Waals surface area contributed by atoms with Crippen molar-refractivity contribution in [1.82, 2.24) is 5.32 Å². The highest BCUT2D eigenvalue weighted by Gasteiger charge is 2.20. The van der Waals surface area contributed by atoms with Crippen LogP contribution in [0, 0.1) is 0 Å². The topological polar surface area (TPSA) is 360 Å². The average Bonchev–Trinajstić information content (AvgIpc) is 3.51. The van der Waals surface area contributed by atoms with Crippen LogP contribution >= 0.6 is 21.6 Å². The summed E-state index contributed by atoms with van der Waals surface area (Å²) in [5, 5.41) is 61.8. The number of phenolic OH excluding ortho intramolecular Hbond substituents is 1. The van der Waals surface area contributed by atoms with Gasteiger partial charge in [0.05, 0.1) is 0 Å². The Morgan fingerprint density at radius 3 is 1.49 bits per heavy atom. The lowest BCUT2D eigenvalue weighted by molar-refractivity contribution is -0.141. The fourth-order valence-corrected chi connectivity index (χ4v) is 4.88. The monoisotopic (exact) mass is 683 g/mol. The number of aromatic hydroxyl groups is 1. The summed E-state index contributed by atoms with van der Waals surface area (Å²) in [4.78, 5) is 60.9. The molecule has 0 radical (unpaired) electrons. The molecule has 0 spiro atoms. The third-order valence-corrected chi connectivity index (χ3v) is 7.74. The van der Waals surface area contributed by atoms with Crippen LogP contribution in [0.5, 0.6) is 5.75 Å². The molecule has 0 amide bonds. The molecule has 1 aromatic carbocycles. The van der Waals surface area contributed by atoms with Gasteiger partial charge in [0.1, 0.15) is 36.0 Å². The van der Waals surface area contributed by atoms with Crippen molar-refractivity contribution >= 4 is 57.4 Å². The van der Waals surface area contributed by atoms with Crippen LogP contribution in [0.1, 0.15) is 31.2 Å². The Labute approximate surface area is 265 Å². The van der Waals surface area contributed by atoms with Crippen molar-refractivity contribution < 1.29 is 64.5 Å². The van der Waals surface area contributed by atoms with Crippen molar-refractivity contribution in [2.24, 2.45) is 22.9 Å². The van der Waals surface area contributed by atoms with Crippen LogP contribution in [-0.2, 0) is 35.2 Å². The highest BCUT2D eigenvalue weighted by molar-refractivity contribution is 8.76. The predicted molar refractivity (Wildman–Crippen MR) is 165 cm³/mol. The first-order chi connectivity index (χ1) is 20.9. The zero-order valence-electron chi connectivity index (χ0n) is 24.1. The van der Waals surface area contributed by atoms with E-state index >= 15 is 0 Å². The van der Waals surface area contributed by atoms with Crippen LogP contribution in [0.2, 0.25) is 0 Å². The molecule has 5 atom stereocenters. The summed E-state index contributed by atoms with van der Waals surface area (Å²) < 4.78 is 0. The Hall–Kier alpha value is -3.66. The minimum absolute atomic E-state index is 0.0231. The Kier molecular flexibility index (Phi) is 23.8. The first kappa shape index (κ1) is 43.5. The molecule has 0 bridgehead atoms. The fourth-order valence-electron chi connectivity index (χ4n) is 2.66. The number of hydrogen-bond donors (Lipinski definition) is 12. The van der Waals surface area contributed by atoms with Crippen molar-refractivity contribution in [1.29, 1.82) is 0 Å². The first-order valence-corrected chi connectivity index (χ1v) is 15.5. The molecule has 1 aromatic rings. The number of benzene rings is 1. The SMILES string of the molecule is NC(CSSC[C@H](N)C(=O)O)C(=O)O.N[C@@H](CCC(=O)O)C(=O)O.N[C@@H](Cc1ccc(O)cc1)C(=O)O.O=C(O)[C@@H]1CCCN1. The summed E-state index contributed by atoms with van der Waals surface area (Å²) >= 11 is 0. The summed E-state index contributed by atoms with van der Waals surface area (Å²) in [6, 6.07) is 2.25. The molecule has 1 heterocycles. The van der Waals surface area contributed by atoms with E-state index in [1.54, 1.807) is 12.1 Å². The van der Waals surface area contributed by atoms with Gasteiger partial charge in [-0.25, -0.2) is 0 Å². The molecule has 20 heteroatoms. The molecule has 256 valence electrons. The molecule has 2 rings (SSSR count). The highest BCUT2D eigenvalue weighted by Crippen LogP contribution is 2.22. The van der Waals surface area contributed by atoms with Gasteiger partial charge in [0.25, 0.3) is 0 Å². The average molecular weight is 684 g/mol. The van der Waals surface area contributed by atoms with Gasteiger partial charge in [-0.1, -0.05) is 33.7 Å². The predicted octanol–water partition coefficient (Wildman–Crippen LogP) is -1.38. The zero-order valence-corrected chi connectivity index (χ0v) is 25.7. The number of carboxylic acids is 6. The molecule has 1 unspecified atom stereocenters. The number of rotatable bonds is 15. The fraction of sp³-hybridized carbons (Fsp3) is 0.520. The Morgan fingerprint density at radius 1 is 0.733 bits per heavy atom. The quantitative estimate of drug-likeness (QED) is 0.0748. The Bertz CT molecular complexity index is 1050. The molecule has 1 fully saturated rings. The Balaban J connectivity index is 0. The number of carbonyl (C=O) groups is 6. The van der Waals surface area contributed by atoms with Gasteiger partial charge in [-0.05, 0) is 49.9 Å². The van der Waals surface area contributed by atoms with E-state index in [4.69, 9.17) is 58.7 Å². The largest absolute Gasteiger partial charge is 0.508 e. The second-order valence-electron chi connectivity index (χ2n) is 9.14. The molecule has 1 aliphatic rings. The van der Waals surface area contributed by atoms with Gasteiger partial charge in [-0.3, -0.25) is 28.8 Å². The van der Waals surface area contributed by atoms with Gasteiger partial charge in [0.15, 0.2) is 0 Å². The third-order valence-electron chi connectivity index (χ3n) is 5.27. The maximum Gasteiger partial charge on any atom is 0.321 e. The van der Waals surface area contributed by atoms with E-state index in [-0.39, 0.29) is 42.6 Å². The molecule has 18 nitrogen and oxygen atoms in total. The molecular weight excluding hydrogens is 642 g/mol. The lowest BCUT2D eigenvalue weighted by atomic mass is 10.1. The van der Waals surface area contributed by atoms with Crippen LogP contribution in [0.25, 0.3) is 0 Å². The van der Waals surface area contributed by atoms with E-state index in [2.05, 4.69) is 5.32 Å². The van der Waals surface area contributed by atoms with Gasteiger partial charge < -0.3 is 64.0 Å². The molecule has 16 N–H and O–H groups in total. The minimum atomic E-state index is -1.17. The van der Waals surface area contributed by atoms with E-state index in [0.29, 0.717) is 0 Å². The van der Waals surface area contributed by atoms with E-state index in [0.717, 1.165) is 24.9 Å². The van der Waals surface area contributed by atoms with Crippen molar-refractivity contribution in [3.05, 3.63) is 29.8 Å². The molecule has 0 aliphatic carbocycles. The second kappa shape index (κ2) is 24.6. The van der Waals surface area contributed by atoms with E-state index in [9.17, 15) is 28.8 Å². The summed E-state index contributed by atoms with van der Waals surface area (Å²) in [5.41, 5.74) is 21.5. The number of aliphatic carboxylic acids is 6. The highest BCUT2D eigenvalue weighted by atomic mass is 33.1. The lowest BCUT2D eigenvalue weighted by Gasteiger charge is -2.07. The van der Waals surface area contributed by atoms with Crippen molar-refractivity contribution in [2.75, 3.05) is 18.1 Å². The summed E-state index contributed by atoms with van der Waals surface area (Å²) in [7, 11) is 2.41. The molecule has 0 saturated carbocycles. The molecule has 1 aliphatic heterocycles. The minimum Gasteiger partial charge on any atom is -0.508 e. The maximum atomic E-state index is 10.4. The number of hydrogen-bond acceptors (Lipinski definition) is 14. The van der Waals surface area contributed by atoms with Crippen LogP contribution in [-0.4, -0.2) is 120 Å². The maximum absolute atomic E-state index is 10.4. The van der Waals surface area contributed by atoms with E-state index in [1.807, 2.05) is 0 Å². The van der Waals surface area contributed by atoms with E-state index in [1.165, 1.54) is 33.7 Å². The number of phenols is 1. The van der Waals surface area contributed by atoms with Gasteiger partial charge in [0, 0.05) is 17.9 Å². The van der Waals surface area contributed by atoms with Gasteiger partial charge in [-0.15, -0.1) is 0 Å². The van der Waals surface area contributed by atoms with Gasteiger partial charge in [-0.2, -0.15) is 0 Å². The standard InChI is InChI=1S/C9H11NO3.C6H12N2O4S2.C5H9NO4.C5H9NO2/c10-8(9(12)13)5-6-1-3-7(11)4-2-6;7-3(5(9)10)1-13-14-2-4(8)6(11)12;6-3(5(9)10)1-2-4(7)8;7-5(8)4-2-1-3-6-4/h1-4,8,11H,5,10H2,(H,12,13);3-4H,1-2,7-8H2,(H,9,10)(H,11,12);3H,1-2,6H2,(H,7,8)(H,9,10);4,6H,1-3H2,(H,7,8)/t8-;3-,4?;3-;4-/m0000/s1. The number of carboxylic acid groups (broad SMARTS) is 6. The number of nitrogens with two attached hydrogens (primary N) is 4. The Morgan fingerprint density at radius 2 is 1.18 bits per heavy atom. The van der Waals surface area contributed by atoms with Gasteiger partial charge >= 0.3 is 35.8 Å². The van der Waals surface area contributed by atoms with Gasteiger partial charge in [0.2, 0.25) is 0 Å².